The van der Waals surface area contributed by atoms with Crippen molar-refractivity contribution in [1.82, 2.24) is 15.0 Å². The number of benzene rings is 1. The van der Waals surface area contributed by atoms with Crippen LogP contribution in [0.5, 0.6) is 0 Å². The maximum Gasteiger partial charge on any atom is 0.257 e. The zero-order chi connectivity index (χ0) is 14.7. The molecule has 0 spiro atoms. The summed E-state index contributed by atoms with van der Waals surface area (Å²) in [5.41, 5.74) is 1.47. The number of nitrogens with zero attached hydrogens (tertiary/aromatic N) is 3. The Kier molecular flexibility index (Phi) is 4.17. The van der Waals surface area contributed by atoms with E-state index in [1.807, 2.05) is 26.1 Å². The van der Waals surface area contributed by atoms with Gasteiger partial charge in [-0.05, 0) is 44.5 Å². The Morgan fingerprint density at radius 3 is 2.50 bits per heavy atom. The molecule has 1 unspecified atom stereocenters. The molecule has 1 aromatic carbocycles. The first-order valence-corrected chi connectivity index (χ1v) is 6.70. The molecule has 0 radical (unpaired) electrons. The predicted octanol–water partition coefficient (Wildman–Crippen LogP) is 2.92. The molecule has 0 saturated heterocycles. The van der Waals surface area contributed by atoms with Crippen LogP contribution in [0, 0.1) is 6.92 Å². The van der Waals surface area contributed by atoms with Gasteiger partial charge in [-0.25, -0.2) is 0 Å². The summed E-state index contributed by atoms with van der Waals surface area (Å²) in [5.74, 6) is 1.08. The fraction of sp³-hybridized carbons (Fsp3) is 0.400. The molecule has 1 amide bonds. The average Bonchev–Trinajstić information content (AvgIpc) is 2.91. The zero-order valence-electron chi connectivity index (χ0n) is 12.3. The molecule has 0 bridgehead atoms. The minimum atomic E-state index is 0.0209. The number of aryl methyl sites for hydroxylation is 1. The van der Waals surface area contributed by atoms with E-state index in [1.54, 1.807) is 24.0 Å². The Bertz CT molecular complexity index is 589. The fourth-order valence-electron chi connectivity index (χ4n) is 1.85. The summed E-state index contributed by atoms with van der Waals surface area (Å²) >= 11 is 0. The lowest BCUT2D eigenvalue weighted by Crippen LogP contribution is -2.34. The van der Waals surface area contributed by atoms with Crippen LogP contribution in [0.3, 0.4) is 0 Å². The van der Waals surface area contributed by atoms with Gasteiger partial charge in [0.25, 0.3) is 11.8 Å². The van der Waals surface area contributed by atoms with E-state index >= 15 is 0 Å². The summed E-state index contributed by atoms with van der Waals surface area (Å²) in [6.45, 7) is 5.87. The Hall–Kier alpha value is -2.17. The highest BCUT2D eigenvalue weighted by Gasteiger charge is 2.16. The molecule has 20 heavy (non-hydrogen) atoms. The Morgan fingerprint density at radius 1 is 1.35 bits per heavy atom. The second-order valence-electron chi connectivity index (χ2n) is 4.90. The van der Waals surface area contributed by atoms with Gasteiger partial charge in [0.1, 0.15) is 0 Å². The summed E-state index contributed by atoms with van der Waals surface area (Å²) in [5, 5.41) is 3.75. The number of aromatic nitrogens is 2. The largest absolute Gasteiger partial charge is 0.339 e. The number of hydrogen-bond acceptors (Lipinski definition) is 4. The second-order valence-corrected chi connectivity index (χ2v) is 4.90. The van der Waals surface area contributed by atoms with Crippen molar-refractivity contribution in [2.24, 2.45) is 0 Å². The van der Waals surface area contributed by atoms with Crippen molar-refractivity contribution in [3.05, 3.63) is 35.7 Å². The molecule has 1 aromatic heterocycles. The molecule has 0 aliphatic heterocycles. The molecule has 1 heterocycles. The van der Waals surface area contributed by atoms with Crippen molar-refractivity contribution in [1.29, 1.82) is 0 Å². The topological polar surface area (TPSA) is 59.2 Å². The summed E-state index contributed by atoms with van der Waals surface area (Å²) < 4.78 is 5.10. The van der Waals surface area contributed by atoms with Crippen LogP contribution in [-0.2, 0) is 0 Å². The van der Waals surface area contributed by atoms with Crippen LogP contribution in [-0.4, -0.2) is 34.0 Å². The molecule has 0 aliphatic rings. The monoisotopic (exact) mass is 273 g/mol. The molecule has 0 aliphatic carbocycles. The van der Waals surface area contributed by atoms with Gasteiger partial charge in [-0.2, -0.15) is 4.98 Å². The van der Waals surface area contributed by atoms with Gasteiger partial charge in [-0.15, -0.1) is 0 Å². The van der Waals surface area contributed by atoms with Gasteiger partial charge >= 0.3 is 0 Å². The number of carbonyl (C=O) groups is 1. The van der Waals surface area contributed by atoms with E-state index in [9.17, 15) is 4.79 Å². The molecular formula is C15H19N3O2. The van der Waals surface area contributed by atoms with E-state index in [0.29, 0.717) is 17.3 Å². The molecule has 2 rings (SSSR count). The summed E-state index contributed by atoms with van der Waals surface area (Å²) in [4.78, 5) is 18.2. The van der Waals surface area contributed by atoms with Gasteiger partial charge in [0.15, 0.2) is 5.82 Å². The normalized spacial score (nSPS) is 12.2. The molecule has 106 valence electrons. The third kappa shape index (κ3) is 2.87. The predicted molar refractivity (Wildman–Crippen MR) is 76.3 cm³/mol. The van der Waals surface area contributed by atoms with Gasteiger partial charge < -0.3 is 9.42 Å². The second kappa shape index (κ2) is 5.86. The van der Waals surface area contributed by atoms with Crippen molar-refractivity contribution in [2.45, 2.75) is 33.2 Å². The van der Waals surface area contributed by atoms with Crippen LogP contribution in [0.25, 0.3) is 11.5 Å². The van der Waals surface area contributed by atoms with E-state index in [2.05, 4.69) is 17.1 Å². The average molecular weight is 273 g/mol. The minimum absolute atomic E-state index is 0.0209. The number of hydrogen-bond donors (Lipinski definition) is 0. The molecule has 1 atom stereocenters. The first kappa shape index (κ1) is 14.2. The van der Waals surface area contributed by atoms with Crippen molar-refractivity contribution >= 4 is 5.91 Å². The SMILES string of the molecule is CCC(C)N(C)C(=O)c1ccc(-c2nc(C)no2)cc1. The first-order valence-electron chi connectivity index (χ1n) is 6.70. The van der Waals surface area contributed by atoms with Crippen molar-refractivity contribution in [3.8, 4) is 11.5 Å². The number of amides is 1. The van der Waals surface area contributed by atoms with Crippen LogP contribution in [0.2, 0.25) is 0 Å². The molecule has 0 fully saturated rings. The van der Waals surface area contributed by atoms with Gasteiger partial charge in [0.2, 0.25) is 0 Å². The van der Waals surface area contributed by atoms with Crippen molar-refractivity contribution in [2.75, 3.05) is 7.05 Å². The Morgan fingerprint density at radius 2 is 2.00 bits per heavy atom. The zero-order valence-corrected chi connectivity index (χ0v) is 12.3. The highest BCUT2D eigenvalue weighted by Crippen LogP contribution is 2.18. The van der Waals surface area contributed by atoms with Gasteiger partial charge in [0.05, 0.1) is 0 Å². The molecule has 0 N–H and O–H groups in total. The lowest BCUT2D eigenvalue weighted by molar-refractivity contribution is 0.0740. The van der Waals surface area contributed by atoms with Crippen LogP contribution in [0.4, 0.5) is 0 Å². The summed E-state index contributed by atoms with van der Waals surface area (Å²) in [6.07, 6.45) is 0.932. The first-order chi connectivity index (χ1) is 9.52. The third-order valence-electron chi connectivity index (χ3n) is 3.48. The lowest BCUT2D eigenvalue weighted by Gasteiger charge is -2.23. The van der Waals surface area contributed by atoms with E-state index in [1.165, 1.54) is 0 Å². The van der Waals surface area contributed by atoms with Crippen LogP contribution < -0.4 is 0 Å². The third-order valence-corrected chi connectivity index (χ3v) is 3.48. The molecule has 5 nitrogen and oxygen atoms in total. The van der Waals surface area contributed by atoms with Crippen LogP contribution in [0.15, 0.2) is 28.8 Å². The molecule has 0 saturated carbocycles. The maximum atomic E-state index is 12.3. The highest BCUT2D eigenvalue weighted by atomic mass is 16.5. The summed E-state index contributed by atoms with van der Waals surface area (Å²) in [7, 11) is 1.83. The Balaban J connectivity index is 2.18. The molecular weight excluding hydrogens is 254 g/mol. The van der Waals surface area contributed by atoms with E-state index in [4.69, 9.17) is 4.52 Å². The van der Waals surface area contributed by atoms with Crippen molar-refractivity contribution in [3.63, 3.8) is 0 Å². The highest BCUT2D eigenvalue weighted by molar-refractivity contribution is 5.94. The fourth-order valence-corrected chi connectivity index (χ4v) is 1.85. The standard InChI is InChI=1S/C15H19N3O2/c1-5-10(2)18(4)15(19)13-8-6-12(7-9-13)14-16-11(3)17-20-14/h6-10H,5H2,1-4H3. The summed E-state index contributed by atoms with van der Waals surface area (Å²) in [6, 6.07) is 7.45. The van der Waals surface area contributed by atoms with E-state index in [-0.39, 0.29) is 11.9 Å². The quantitative estimate of drug-likeness (QED) is 0.859. The minimum Gasteiger partial charge on any atom is -0.339 e. The maximum absolute atomic E-state index is 12.3. The van der Waals surface area contributed by atoms with Gasteiger partial charge in [0, 0.05) is 24.2 Å². The van der Waals surface area contributed by atoms with Crippen LogP contribution in [0.1, 0.15) is 36.5 Å². The number of carbonyl (C=O) groups excluding carboxylic acids is 1. The lowest BCUT2D eigenvalue weighted by atomic mass is 10.1. The Labute approximate surface area is 118 Å². The van der Waals surface area contributed by atoms with Crippen molar-refractivity contribution < 1.29 is 9.32 Å². The van der Waals surface area contributed by atoms with E-state index in [0.717, 1.165) is 12.0 Å². The smallest absolute Gasteiger partial charge is 0.257 e. The van der Waals surface area contributed by atoms with Gasteiger partial charge in [-0.1, -0.05) is 12.1 Å². The van der Waals surface area contributed by atoms with E-state index < -0.39 is 0 Å². The number of rotatable bonds is 4. The molecule has 2 aromatic rings. The molecule has 5 heteroatoms. The van der Waals surface area contributed by atoms with Crippen LogP contribution >= 0.6 is 0 Å². The van der Waals surface area contributed by atoms with Gasteiger partial charge in [-0.3, -0.25) is 4.79 Å².